The maximum Gasteiger partial charge on any atom is 0.225 e. The Hall–Kier alpha value is -1.38. The van der Waals surface area contributed by atoms with Gasteiger partial charge in [0.25, 0.3) is 0 Å². The van der Waals surface area contributed by atoms with Gasteiger partial charge >= 0.3 is 0 Å². The molecule has 0 heterocycles. The number of carbonyl (C=O) groups is 1. The largest absolute Gasteiger partial charge is 0.341 e. The van der Waals surface area contributed by atoms with Gasteiger partial charge in [0.2, 0.25) is 5.91 Å². The smallest absolute Gasteiger partial charge is 0.225 e. The van der Waals surface area contributed by atoms with Crippen molar-refractivity contribution in [3.63, 3.8) is 0 Å². The van der Waals surface area contributed by atoms with Gasteiger partial charge in [-0.25, -0.2) is 4.39 Å². The van der Waals surface area contributed by atoms with Crippen molar-refractivity contribution in [1.29, 1.82) is 0 Å². The Kier molecular flexibility index (Phi) is 5.13. The average Bonchev–Trinajstić information content (AvgIpc) is 2.33. The van der Waals surface area contributed by atoms with Crippen molar-refractivity contribution in [2.24, 2.45) is 5.92 Å². The third kappa shape index (κ3) is 3.55. The van der Waals surface area contributed by atoms with Crippen LogP contribution in [0.25, 0.3) is 0 Å². The maximum atomic E-state index is 13.4. The van der Waals surface area contributed by atoms with Gasteiger partial charge in [0, 0.05) is 25.1 Å². The van der Waals surface area contributed by atoms with Crippen LogP contribution in [-0.4, -0.2) is 17.9 Å². The molecular weight excluding hydrogens is 217 g/mol. The summed E-state index contributed by atoms with van der Waals surface area (Å²) in [6.07, 6.45) is 1.66. The summed E-state index contributed by atoms with van der Waals surface area (Å²) in [5, 5.41) is 0. The second-order valence-corrected chi connectivity index (χ2v) is 4.30. The minimum Gasteiger partial charge on any atom is -0.341 e. The second-order valence-electron chi connectivity index (χ2n) is 4.30. The van der Waals surface area contributed by atoms with Crippen molar-refractivity contribution in [1.82, 2.24) is 4.90 Å². The van der Waals surface area contributed by atoms with E-state index in [1.807, 2.05) is 13.8 Å². The number of halogens is 1. The van der Waals surface area contributed by atoms with Crippen LogP contribution in [0.4, 0.5) is 4.39 Å². The molecule has 0 fully saturated rings. The van der Waals surface area contributed by atoms with E-state index in [-0.39, 0.29) is 17.6 Å². The molecule has 1 aromatic carbocycles. The van der Waals surface area contributed by atoms with Crippen LogP contribution in [0, 0.1) is 11.7 Å². The number of rotatable bonds is 5. The zero-order chi connectivity index (χ0) is 12.8. The number of amides is 1. The molecule has 17 heavy (non-hydrogen) atoms. The predicted molar refractivity (Wildman–Crippen MR) is 66.9 cm³/mol. The fourth-order valence-electron chi connectivity index (χ4n) is 1.91. The van der Waals surface area contributed by atoms with Gasteiger partial charge < -0.3 is 4.90 Å². The van der Waals surface area contributed by atoms with E-state index in [0.717, 1.165) is 12.8 Å². The molecule has 0 N–H and O–H groups in total. The van der Waals surface area contributed by atoms with Gasteiger partial charge in [-0.3, -0.25) is 4.79 Å². The highest BCUT2D eigenvalue weighted by Crippen LogP contribution is 2.14. The first-order valence-corrected chi connectivity index (χ1v) is 6.08. The van der Waals surface area contributed by atoms with Crippen molar-refractivity contribution in [3.8, 4) is 0 Å². The van der Waals surface area contributed by atoms with Crippen molar-refractivity contribution >= 4 is 5.91 Å². The molecule has 3 heteroatoms. The Morgan fingerprint density at radius 3 is 2.41 bits per heavy atom. The minimum atomic E-state index is -0.253. The Balaban J connectivity index is 2.69. The standard InChI is InChI=1S/C14H20FNO/c1-4-11(5-2)14(17)16(3)10-12-8-6-7-9-13(12)15/h6-9,11H,4-5,10H2,1-3H3. The molecule has 1 aromatic rings. The lowest BCUT2D eigenvalue weighted by atomic mass is 10.0. The zero-order valence-electron chi connectivity index (χ0n) is 10.7. The molecule has 1 rings (SSSR count). The van der Waals surface area contributed by atoms with Gasteiger partial charge in [-0.2, -0.15) is 0 Å². The first-order valence-electron chi connectivity index (χ1n) is 6.08. The molecule has 94 valence electrons. The lowest BCUT2D eigenvalue weighted by Gasteiger charge is -2.22. The molecule has 0 radical (unpaired) electrons. The van der Waals surface area contributed by atoms with E-state index >= 15 is 0 Å². The Morgan fingerprint density at radius 1 is 1.29 bits per heavy atom. The molecule has 0 spiro atoms. The molecule has 1 amide bonds. The van der Waals surface area contributed by atoms with Crippen LogP contribution in [0.5, 0.6) is 0 Å². The molecule has 0 saturated heterocycles. The lowest BCUT2D eigenvalue weighted by molar-refractivity contribution is -0.135. The van der Waals surface area contributed by atoms with E-state index in [4.69, 9.17) is 0 Å². The molecule has 0 aliphatic carbocycles. The van der Waals surface area contributed by atoms with Gasteiger partial charge in [0.15, 0.2) is 0 Å². The summed E-state index contributed by atoms with van der Waals surface area (Å²) >= 11 is 0. The quantitative estimate of drug-likeness (QED) is 0.770. The Bertz CT molecular complexity index is 374. The predicted octanol–water partition coefficient (Wildman–Crippen LogP) is 3.22. The summed E-state index contributed by atoms with van der Waals surface area (Å²) in [5.41, 5.74) is 0.564. The first-order chi connectivity index (χ1) is 8.10. The van der Waals surface area contributed by atoms with Crippen LogP contribution < -0.4 is 0 Å². The van der Waals surface area contributed by atoms with Crippen molar-refractivity contribution in [2.45, 2.75) is 33.2 Å². The Morgan fingerprint density at radius 2 is 1.88 bits per heavy atom. The topological polar surface area (TPSA) is 20.3 Å². The highest BCUT2D eigenvalue weighted by molar-refractivity contribution is 5.78. The number of hydrogen-bond acceptors (Lipinski definition) is 1. The van der Waals surface area contributed by atoms with E-state index in [0.29, 0.717) is 12.1 Å². The summed E-state index contributed by atoms with van der Waals surface area (Å²) in [6.45, 7) is 4.34. The van der Waals surface area contributed by atoms with Crippen LogP contribution in [0.2, 0.25) is 0 Å². The van der Waals surface area contributed by atoms with Gasteiger partial charge in [-0.15, -0.1) is 0 Å². The molecule has 0 aromatic heterocycles. The minimum absolute atomic E-state index is 0.0479. The lowest BCUT2D eigenvalue weighted by Crippen LogP contribution is -2.32. The van der Waals surface area contributed by atoms with Crippen LogP contribution in [0.3, 0.4) is 0 Å². The van der Waals surface area contributed by atoms with Crippen molar-refractivity contribution in [3.05, 3.63) is 35.6 Å². The van der Waals surface area contributed by atoms with E-state index < -0.39 is 0 Å². The molecule has 0 atom stereocenters. The molecule has 2 nitrogen and oxygen atoms in total. The van der Waals surface area contributed by atoms with E-state index in [2.05, 4.69) is 0 Å². The number of nitrogens with zero attached hydrogens (tertiary/aromatic N) is 1. The second kappa shape index (κ2) is 6.38. The third-order valence-corrected chi connectivity index (χ3v) is 3.08. The Labute approximate surface area is 102 Å². The SMILES string of the molecule is CCC(CC)C(=O)N(C)Cc1ccccc1F. The molecule has 0 bridgehead atoms. The third-order valence-electron chi connectivity index (χ3n) is 3.08. The summed E-state index contributed by atoms with van der Waals surface area (Å²) in [5.74, 6) is -0.110. The fourth-order valence-corrected chi connectivity index (χ4v) is 1.91. The average molecular weight is 237 g/mol. The monoisotopic (exact) mass is 237 g/mol. The van der Waals surface area contributed by atoms with Crippen LogP contribution in [0.1, 0.15) is 32.3 Å². The highest BCUT2D eigenvalue weighted by Gasteiger charge is 2.19. The summed E-state index contributed by atoms with van der Waals surface area (Å²) in [7, 11) is 1.73. The van der Waals surface area contributed by atoms with Gasteiger partial charge in [-0.05, 0) is 18.9 Å². The van der Waals surface area contributed by atoms with Crippen molar-refractivity contribution < 1.29 is 9.18 Å². The summed E-state index contributed by atoms with van der Waals surface area (Å²) in [4.78, 5) is 13.6. The summed E-state index contributed by atoms with van der Waals surface area (Å²) < 4.78 is 13.4. The number of carbonyl (C=O) groups excluding carboxylic acids is 1. The van der Waals surface area contributed by atoms with Crippen molar-refractivity contribution in [2.75, 3.05) is 7.05 Å². The van der Waals surface area contributed by atoms with Crippen LogP contribution in [0.15, 0.2) is 24.3 Å². The highest BCUT2D eigenvalue weighted by atomic mass is 19.1. The number of benzene rings is 1. The molecular formula is C14H20FNO. The van der Waals surface area contributed by atoms with E-state index in [9.17, 15) is 9.18 Å². The van der Waals surface area contributed by atoms with Crippen LogP contribution >= 0.6 is 0 Å². The van der Waals surface area contributed by atoms with E-state index in [1.165, 1.54) is 6.07 Å². The van der Waals surface area contributed by atoms with Gasteiger partial charge in [0.1, 0.15) is 5.82 Å². The maximum absolute atomic E-state index is 13.4. The fraction of sp³-hybridized carbons (Fsp3) is 0.500. The van der Waals surface area contributed by atoms with Crippen LogP contribution in [-0.2, 0) is 11.3 Å². The summed E-state index contributed by atoms with van der Waals surface area (Å²) in [6, 6.07) is 6.58. The molecule has 0 aliphatic rings. The number of hydrogen-bond donors (Lipinski definition) is 0. The van der Waals surface area contributed by atoms with E-state index in [1.54, 1.807) is 30.1 Å². The first kappa shape index (κ1) is 13.7. The molecule has 0 aliphatic heterocycles. The van der Waals surface area contributed by atoms with Gasteiger partial charge in [-0.1, -0.05) is 32.0 Å². The zero-order valence-corrected chi connectivity index (χ0v) is 10.7. The van der Waals surface area contributed by atoms with Gasteiger partial charge in [0.05, 0.1) is 0 Å². The molecule has 0 unspecified atom stereocenters. The molecule has 0 saturated carbocycles. The normalized spacial score (nSPS) is 10.6.